The number of aromatic nitrogens is 1. The topological polar surface area (TPSA) is 75.4 Å². The smallest absolute Gasteiger partial charge is 0.273 e. The van der Waals surface area contributed by atoms with E-state index in [1.807, 2.05) is 13.8 Å². The molecule has 0 atom stereocenters. The van der Waals surface area contributed by atoms with Crippen LogP contribution in [0.5, 0.6) is 0 Å². The summed E-state index contributed by atoms with van der Waals surface area (Å²) in [6.45, 7) is 4.91. The van der Waals surface area contributed by atoms with Crippen LogP contribution in [0.1, 0.15) is 66.1 Å². The minimum atomic E-state index is -0.256. The zero-order valence-corrected chi connectivity index (χ0v) is 18.1. The standard InChI is InChI=1S/C21H25Cl2N3O3/c1-3-15(4-2)26(21(28)17-8-7-14(22)9-18(17)23)12-16-10-19(25-29-16)20(27)24-11-13-5-6-13/h7-10,13,15H,3-6,11-12H2,1-2H3,(H,24,27). The van der Waals surface area contributed by atoms with Gasteiger partial charge in [-0.2, -0.15) is 0 Å². The molecule has 8 heteroatoms. The Labute approximate surface area is 180 Å². The Hall–Kier alpha value is -2.05. The molecule has 0 spiro atoms. The highest BCUT2D eigenvalue weighted by Crippen LogP contribution is 2.28. The van der Waals surface area contributed by atoms with Crippen LogP contribution < -0.4 is 5.32 Å². The van der Waals surface area contributed by atoms with E-state index >= 15 is 0 Å². The van der Waals surface area contributed by atoms with Gasteiger partial charge in [0.05, 0.1) is 17.1 Å². The lowest BCUT2D eigenvalue weighted by Gasteiger charge is -2.30. The van der Waals surface area contributed by atoms with Crippen molar-refractivity contribution in [2.45, 2.75) is 52.1 Å². The van der Waals surface area contributed by atoms with Gasteiger partial charge in [0.2, 0.25) is 0 Å². The minimum Gasteiger partial charge on any atom is -0.359 e. The van der Waals surface area contributed by atoms with Gasteiger partial charge in [-0.05, 0) is 49.8 Å². The molecule has 1 aliphatic rings. The van der Waals surface area contributed by atoms with Crippen molar-refractivity contribution in [2.24, 2.45) is 5.92 Å². The van der Waals surface area contributed by atoms with E-state index in [0.717, 1.165) is 25.7 Å². The summed E-state index contributed by atoms with van der Waals surface area (Å²) < 4.78 is 5.35. The molecule has 0 radical (unpaired) electrons. The van der Waals surface area contributed by atoms with Gasteiger partial charge in [-0.1, -0.05) is 42.2 Å². The zero-order chi connectivity index (χ0) is 21.0. The van der Waals surface area contributed by atoms with Crippen LogP contribution in [0.2, 0.25) is 10.0 Å². The van der Waals surface area contributed by atoms with Crippen LogP contribution in [-0.4, -0.2) is 34.5 Å². The van der Waals surface area contributed by atoms with Crippen molar-refractivity contribution in [3.05, 3.63) is 51.3 Å². The summed E-state index contributed by atoms with van der Waals surface area (Å²) in [6, 6.07) is 6.40. The quantitative estimate of drug-likeness (QED) is 0.601. The Bertz CT molecular complexity index is 876. The summed E-state index contributed by atoms with van der Waals surface area (Å²) in [4.78, 5) is 27.1. The summed E-state index contributed by atoms with van der Waals surface area (Å²) in [5.41, 5.74) is 0.604. The number of hydrogen-bond acceptors (Lipinski definition) is 4. The second-order valence-electron chi connectivity index (χ2n) is 7.36. The lowest BCUT2D eigenvalue weighted by molar-refractivity contribution is 0.0628. The number of nitrogens with zero attached hydrogens (tertiary/aromatic N) is 2. The van der Waals surface area contributed by atoms with Gasteiger partial charge in [0.15, 0.2) is 11.5 Å². The van der Waals surface area contributed by atoms with Crippen LogP contribution in [-0.2, 0) is 6.54 Å². The molecule has 1 aromatic heterocycles. The van der Waals surface area contributed by atoms with Crippen molar-refractivity contribution in [1.82, 2.24) is 15.4 Å². The molecule has 29 heavy (non-hydrogen) atoms. The van der Waals surface area contributed by atoms with E-state index in [1.54, 1.807) is 29.2 Å². The Morgan fingerprint density at radius 1 is 1.24 bits per heavy atom. The molecule has 1 saturated carbocycles. The van der Waals surface area contributed by atoms with Gasteiger partial charge in [0.25, 0.3) is 11.8 Å². The van der Waals surface area contributed by atoms with Gasteiger partial charge >= 0.3 is 0 Å². The second-order valence-corrected chi connectivity index (χ2v) is 8.20. The molecule has 1 aromatic carbocycles. The van der Waals surface area contributed by atoms with Gasteiger partial charge in [-0.15, -0.1) is 0 Å². The average molecular weight is 438 g/mol. The molecule has 1 heterocycles. The van der Waals surface area contributed by atoms with Crippen molar-refractivity contribution >= 4 is 35.0 Å². The number of carbonyl (C=O) groups is 2. The maximum atomic E-state index is 13.2. The third-order valence-corrected chi connectivity index (χ3v) is 5.72. The van der Waals surface area contributed by atoms with Gasteiger partial charge in [0, 0.05) is 23.7 Å². The summed E-state index contributed by atoms with van der Waals surface area (Å²) >= 11 is 12.2. The molecule has 0 saturated heterocycles. The fourth-order valence-electron chi connectivity index (χ4n) is 3.23. The Morgan fingerprint density at radius 3 is 2.59 bits per heavy atom. The van der Waals surface area contributed by atoms with E-state index in [4.69, 9.17) is 27.7 Å². The van der Waals surface area contributed by atoms with E-state index in [2.05, 4.69) is 10.5 Å². The highest BCUT2D eigenvalue weighted by Gasteiger charge is 2.27. The predicted molar refractivity (Wildman–Crippen MR) is 112 cm³/mol. The lowest BCUT2D eigenvalue weighted by atomic mass is 10.1. The van der Waals surface area contributed by atoms with Crippen molar-refractivity contribution in [2.75, 3.05) is 6.54 Å². The molecule has 0 aliphatic heterocycles. The first-order valence-corrected chi connectivity index (χ1v) is 10.7. The average Bonchev–Trinajstić information content (AvgIpc) is 3.41. The third kappa shape index (κ3) is 5.52. The fraction of sp³-hybridized carbons (Fsp3) is 0.476. The third-order valence-electron chi connectivity index (χ3n) is 5.17. The molecular weight excluding hydrogens is 413 g/mol. The summed E-state index contributed by atoms with van der Waals surface area (Å²) in [5, 5.41) is 7.51. The highest BCUT2D eigenvalue weighted by molar-refractivity contribution is 6.36. The van der Waals surface area contributed by atoms with Crippen molar-refractivity contribution in [3.63, 3.8) is 0 Å². The van der Waals surface area contributed by atoms with E-state index < -0.39 is 0 Å². The Kier molecular flexibility index (Phi) is 7.19. The van der Waals surface area contributed by atoms with Crippen LogP contribution in [0.15, 0.2) is 28.8 Å². The fourth-order valence-corrected chi connectivity index (χ4v) is 3.72. The van der Waals surface area contributed by atoms with Crippen LogP contribution in [0.4, 0.5) is 0 Å². The van der Waals surface area contributed by atoms with E-state index in [9.17, 15) is 9.59 Å². The van der Waals surface area contributed by atoms with Crippen LogP contribution in [0.3, 0.4) is 0 Å². The summed E-state index contributed by atoms with van der Waals surface area (Å²) in [7, 11) is 0. The number of rotatable bonds is 9. The number of halogens is 2. The Balaban J connectivity index is 1.77. The maximum absolute atomic E-state index is 13.2. The lowest BCUT2D eigenvalue weighted by Crippen LogP contribution is -2.39. The molecule has 1 aliphatic carbocycles. The molecule has 2 amide bonds. The molecule has 156 valence electrons. The van der Waals surface area contributed by atoms with Gasteiger partial charge in [-0.3, -0.25) is 9.59 Å². The SMILES string of the molecule is CCC(CC)N(Cc1cc(C(=O)NCC2CC2)no1)C(=O)c1ccc(Cl)cc1Cl. The van der Waals surface area contributed by atoms with Gasteiger partial charge in [-0.25, -0.2) is 0 Å². The van der Waals surface area contributed by atoms with Crippen molar-refractivity contribution < 1.29 is 14.1 Å². The normalized spacial score (nSPS) is 13.6. The molecule has 0 bridgehead atoms. The summed E-state index contributed by atoms with van der Waals surface area (Å²) in [5.74, 6) is 0.564. The molecule has 1 fully saturated rings. The second kappa shape index (κ2) is 9.63. The molecule has 6 nitrogen and oxygen atoms in total. The van der Waals surface area contributed by atoms with E-state index in [0.29, 0.717) is 33.8 Å². The predicted octanol–water partition coefficient (Wildman–Crippen LogP) is 4.95. The number of amides is 2. The summed E-state index contributed by atoms with van der Waals surface area (Å²) in [6.07, 6.45) is 3.86. The van der Waals surface area contributed by atoms with E-state index in [-0.39, 0.29) is 30.1 Å². The number of benzene rings is 1. The molecule has 2 aromatic rings. The number of hydrogen-bond donors (Lipinski definition) is 1. The first-order chi connectivity index (χ1) is 13.9. The van der Waals surface area contributed by atoms with Crippen molar-refractivity contribution in [3.8, 4) is 0 Å². The van der Waals surface area contributed by atoms with Crippen LogP contribution in [0.25, 0.3) is 0 Å². The van der Waals surface area contributed by atoms with Gasteiger partial charge < -0.3 is 14.7 Å². The number of carbonyl (C=O) groups excluding carboxylic acids is 2. The molecule has 0 unspecified atom stereocenters. The first kappa shape index (κ1) is 21.7. The molecule has 1 N–H and O–H groups in total. The minimum absolute atomic E-state index is 0.00788. The largest absolute Gasteiger partial charge is 0.359 e. The van der Waals surface area contributed by atoms with Gasteiger partial charge in [0.1, 0.15) is 0 Å². The molecular formula is C21H25Cl2N3O3. The Morgan fingerprint density at radius 2 is 1.97 bits per heavy atom. The maximum Gasteiger partial charge on any atom is 0.273 e. The number of nitrogens with one attached hydrogen (secondary N) is 1. The van der Waals surface area contributed by atoms with Crippen molar-refractivity contribution in [1.29, 1.82) is 0 Å². The molecule has 3 rings (SSSR count). The first-order valence-electron chi connectivity index (χ1n) is 9.92. The van der Waals surface area contributed by atoms with E-state index in [1.165, 1.54) is 0 Å². The zero-order valence-electron chi connectivity index (χ0n) is 16.6. The highest BCUT2D eigenvalue weighted by atomic mass is 35.5. The van der Waals surface area contributed by atoms with Crippen LogP contribution >= 0.6 is 23.2 Å². The monoisotopic (exact) mass is 437 g/mol. The van der Waals surface area contributed by atoms with Crippen LogP contribution in [0, 0.1) is 5.92 Å².